The van der Waals surface area contributed by atoms with E-state index in [4.69, 9.17) is 11.6 Å². The number of nitrogens with one attached hydrogen (secondary N) is 1. The monoisotopic (exact) mass is 435 g/mol. The molecule has 0 saturated heterocycles. The van der Waals surface area contributed by atoms with Crippen LogP contribution in [0.4, 0.5) is 8.78 Å². The topological polar surface area (TPSA) is 64.7 Å². The lowest BCUT2D eigenvalue weighted by Crippen LogP contribution is -2.29. The molecule has 0 aromatic carbocycles. The summed E-state index contributed by atoms with van der Waals surface area (Å²) in [5.74, 6) is -0.214. The van der Waals surface area contributed by atoms with Gasteiger partial charge < -0.3 is 5.32 Å². The normalized spacial score (nSPS) is 14.3. The lowest BCUT2D eigenvalue weighted by atomic mass is 10.2. The minimum Gasteiger partial charge on any atom is -0.349 e. The van der Waals surface area contributed by atoms with Crippen LogP contribution in [0.2, 0.25) is 5.02 Å². The van der Waals surface area contributed by atoms with Crippen LogP contribution in [-0.4, -0.2) is 25.5 Å². The second-order valence-corrected chi connectivity index (χ2v) is 7.08. The number of rotatable bonds is 7. The van der Waals surface area contributed by atoms with Crippen LogP contribution in [0.1, 0.15) is 49.2 Å². The van der Waals surface area contributed by atoms with E-state index in [9.17, 15) is 13.6 Å². The Morgan fingerprint density at radius 3 is 2.80 bits per heavy atom. The number of halogens is 4. The molecule has 2 aromatic heterocycles. The van der Waals surface area contributed by atoms with Crippen molar-refractivity contribution in [3.8, 4) is 0 Å². The van der Waals surface area contributed by atoms with E-state index in [1.54, 1.807) is 10.9 Å². The highest BCUT2D eigenvalue weighted by Crippen LogP contribution is 2.45. The molecule has 2 heterocycles. The van der Waals surface area contributed by atoms with Gasteiger partial charge in [-0.05, 0) is 35.7 Å². The quantitative estimate of drug-likeness (QED) is 0.720. The Bertz CT molecular complexity index is 787. The van der Waals surface area contributed by atoms with Crippen molar-refractivity contribution in [2.45, 2.75) is 51.7 Å². The molecule has 0 radical (unpaired) electrons. The summed E-state index contributed by atoms with van der Waals surface area (Å²) in [4.78, 5) is 12.3. The minimum atomic E-state index is -2.76. The van der Waals surface area contributed by atoms with E-state index in [1.807, 2.05) is 6.92 Å². The Morgan fingerprint density at radius 2 is 2.20 bits per heavy atom. The molecule has 0 atom stereocenters. The van der Waals surface area contributed by atoms with Gasteiger partial charge in [0.25, 0.3) is 6.43 Å². The van der Waals surface area contributed by atoms with Crippen LogP contribution in [0.3, 0.4) is 0 Å². The summed E-state index contributed by atoms with van der Waals surface area (Å²) in [6.07, 6.45) is 0.652. The first-order valence-electron chi connectivity index (χ1n) is 7.93. The van der Waals surface area contributed by atoms with Crippen molar-refractivity contribution in [1.29, 1.82) is 0 Å². The summed E-state index contributed by atoms with van der Waals surface area (Å²) >= 11 is 9.44. The minimum absolute atomic E-state index is 0.0166. The largest absolute Gasteiger partial charge is 0.349 e. The molecule has 10 heteroatoms. The predicted molar refractivity (Wildman–Crippen MR) is 91.6 cm³/mol. The Kier molecular flexibility index (Phi) is 5.43. The zero-order chi connectivity index (χ0) is 18.1. The van der Waals surface area contributed by atoms with Crippen LogP contribution in [-0.2, 0) is 24.4 Å². The van der Waals surface area contributed by atoms with Crippen LogP contribution in [0, 0.1) is 0 Å². The van der Waals surface area contributed by atoms with E-state index in [0.29, 0.717) is 12.2 Å². The summed E-state index contributed by atoms with van der Waals surface area (Å²) in [6, 6.07) is 0. The number of carbonyl (C=O) groups excluding carboxylic acids is 1. The molecule has 1 saturated carbocycles. The summed E-state index contributed by atoms with van der Waals surface area (Å²) < 4.78 is 29.9. The van der Waals surface area contributed by atoms with Gasteiger partial charge in [-0.3, -0.25) is 14.2 Å². The van der Waals surface area contributed by atoms with E-state index >= 15 is 0 Å². The molecule has 25 heavy (non-hydrogen) atoms. The SMILES string of the molecule is CCn1ncc(Br)c1CNC(=O)Cn1nc(C(F)F)c(Cl)c1C1CC1. The standard InChI is InChI=1S/C15H17BrClF2N5O/c1-2-23-10(9(16)5-21-23)6-20-11(25)7-24-14(8-3-4-8)12(17)13(22-24)15(18)19/h5,8,15H,2-4,6-7H2,1H3,(H,20,25). The highest BCUT2D eigenvalue weighted by Gasteiger charge is 2.34. The zero-order valence-electron chi connectivity index (χ0n) is 13.5. The summed E-state index contributed by atoms with van der Waals surface area (Å²) in [6.45, 7) is 2.76. The lowest BCUT2D eigenvalue weighted by Gasteiger charge is -2.10. The van der Waals surface area contributed by atoms with Crippen molar-refractivity contribution in [3.63, 3.8) is 0 Å². The molecule has 0 bridgehead atoms. The lowest BCUT2D eigenvalue weighted by molar-refractivity contribution is -0.122. The number of amides is 1. The van der Waals surface area contributed by atoms with Crippen LogP contribution < -0.4 is 5.32 Å². The Labute approximate surface area is 156 Å². The number of hydrogen-bond acceptors (Lipinski definition) is 3. The summed E-state index contributed by atoms with van der Waals surface area (Å²) in [5.41, 5.74) is 0.917. The van der Waals surface area contributed by atoms with Gasteiger partial charge in [0.1, 0.15) is 12.2 Å². The molecule has 0 aliphatic heterocycles. The van der Waals surface area contributed by atoms with Crippen molar-refractivity contribution in [2.24, 2.45) is 0 Å². The maximum absolute atomic E-state index is 13.0. The molecule has 1 aliphatic carbocycles. The van der Waals surface area contributed by atoms with E-state index in [1.165, 1.54) is 4.68 Å². The average molecular weight is 437 g/mol. The maximum atomic E-state index is 13.0. The van der Waals surface area contributed by atoms with Crippen molar-refractivity contribution in [3.05, 3.63) is 32.8 Å². The van der Waals surface area contributed by atoms with Crippen LogP contribution >= 0.6 is 27.5 Å². The molecule has 136 valence electrons. The molecular weight excluding hydrogens is 420 g/mol. The molecule has 0 spiro atoms. The third-order valence-corrected chi connectivity index (χ3v) is 5.12. The van der Waals surface area contributed by atoms with Crippen molar-refractivity contribution in [2.75, 3.05) is 0 Å². The molecule has 3 rings (SSSR count). The molecule has 2 aromatic rings. The van der Waals surface area contributed by atoms with Crippen LogP contribution in [0.25, 0.3) is 0 Å². The first kappa shape index (κ1) is 18.3. The number of aryl methyl sites for hydroxylation is 1. The molecule has 1 fully saturated rings. The van der Waals surface area contributed by atoms with E-state index in [0.717, 1.165) is 23.0 Å². The Hall–Kier alpha value is -1.48. The van der Waals surface area contributed by atoms with Gasteiger partial charge >= 0.3 is 0 Å². The molecule has 1 aliphatic rings. The Morgan fingerprint density at radius 1 is 1.48 bits per heavy atom. The van der Waals surface area contributed by atoms with Gasteiger partial charge in [0.2, 0.25) is 5.91 Å². The van der Waals surface area contributed by atoms with Crippen molar-refractivity contribution in [1.82, 2.24) is 24.9 Å². The fourth-order valence-corrected chi connectivity index (χ4v) is 3.50. The second-order valence-electron chi connectivity index (χ2n) is 5.85. The maximum Gasteiger partial charge on any atom is 0.283 e. The molecule has 6 nitrogen and oxygen atoms in total. The predicted octanol–water partition coefficient (Wildman–Crippen LogP) is 3.65. The Balaban J connectivity index is 1.71. The van der Waals surface area contributed by atoms with E-state index < -0.39 is 12.1 Å². The van der Waals surface area contributed by atoms with Gasteiger partial charge in [-0.1, -0.05) is 11.6 Å². The van der Waals surface area contributed by atoms with Gasteiger partial charge in [-0.15, -0.1) is 0 Å². The highest BCUT2D eigenvalue weighted by molar-refractivity contribution is 9.10. The van der Waals surface area contributed by atoms with Gasteiger partial charge in [0.15, 0.2) is 0 Å². The fraction of sp³-hybridized carbons (Fsp3) is 0.533. The highest BCUT2D eigenvalue weighted by atomic mass is 79.9. The second kappa shape index (κ2) is 7.41. The van der Waals surface area contributed by atoms with Gasteiger partial charge in [0, 0.05) is 12.5 Å². The summed E-state index contributed by atoms with van der Waals surface area (Å²) in [5, 5.41) is 10.8. The third kappa shape index (κ3) is 3.87. The smallest absolute Gasteiger partial charge is 0.283 e. The van der Waals surface area contributed by atoms with E-state index in [-0.39, 0.29) is 29.9 Å². The molecule has 1 amide bonds. The number of alkyl halides is 2. The van der Waals surface area contributed by atoms with Gasteiger partial charge in [-0.2, -0.15) is 10.2 Å². The van der Waals surface area contributed by atoms with Crippen LogP contribution in [0.5, 0.6) is 0 Å². The first-order valence-corrected chi connectivity index (χ1v) is 9.10. The van der Waals surface area contributed by atoms with Crippen LogP contribution in [0.15, 0.2) is 10.7 Å². The fourth-order valence-electron chi connectivity index (χ4n) is 2.69. The zero-order valence-corrected chi connectivity index (χ0v) is 15.8. The summed E-state index contributed by atoms with van der Waals surface area (Å²) in [7, 11) is 0. The van der Waals surface area contributed by atoms with E-state index in [2.05, 4.69) is 31.4 Å². The van der Waals surface area contributed by atoms with Gasteiger partial charge in [-0.25, -0.2) is 8.78 Å². The number of carbonyl (C=O) groups is 1. The van der Waals surface area contributed by atoms with Crippen molar-refractivity contribution < 1.29 is 13.6 Å². The molecule has 0 unspecified atom stereocenters. The number of hydrogen-bond donors (Lipinski definition) is 1. The average Bonchev–Trinajstić information content (AvgIpc) is 3.25. The third-order valence-electron chi connectivity index (χ3n) is 4.07. The number of aromatic nitrogens is 4. The van der Waals surface area contributed by atoms with Gasteiger partial charge in [0.05, 0.1) is 33.6 Å². The first-order chi connectivity index (χ1) is 11.9. The molecule has 1 N–H and O–H groups in total. The molecular formula is C15H17BrClF2N5O. The van der Waals surface area contributed by atoms with Crippen molar-refractivity contribution >= 4 is 33.4 Å². The number of nitrogens with zero attached hydrogens (tertiary/aromatic N) is 4.